The standard InChI is InChI=1S/C35H51NO3/c1-4-33(5-2)34(29-37)26-30(3)35(38)28-36(27-32-21-12-9-13-22-32)23-15-6-7-16-24-39-25-17-14-20-31-18-10-8-11-19-31/h4,8-13,18-19,21-22,26,35,37-38H,1,5-7,14-17,20,23-25,27-29H2,2-3H3/b30-26+,34-33-. The van der Waals surface area contributed by atoms with E-state index in [1.54, 1.807) is 6.08 Å². The van der Waals surface area contributed by atoms with Crippen LogP contribution in [0, 0.1) is 0 Å². The molecule has 214 valence electrons. The van der Waals surface area contributed by atoms with Gasteiger partial charge in [0.2, 0.25) is 0 Å². The van der Waals surface area contributed by atoms with Gasteiger partial charge in [-0.2, -0.15) is 0 Å². The van der Waals surface area contributed by atoms with Crippen molar-refractivity contribution in [3.8, 4) is 0 Å². The number of nitrogens with zero attached hydrogens (tertiary/aromatic N) is 1. The van der Waals surface area contributed by atoms with E-state index in [-0.39, 0.29) is 6.61 Å². The van der Waals surface area contributed by atoms with Gasteiger partial charge in [-0.15, -0.1) is 0 Å². The summed E-state index contributed by atoms with van der Waals surface area (Å²) >= 11 is 0. The van der Waals surface area contributed by atoms with Gasteiger partial charge in [0.05, 0.1) is 12.7 Å². The highest BCUT2D eigenvalue weighted by Crippen LogP contribution is 2.16. The Morgan fingerprint density at radius 2 is 1.49 bits per heavy atom. The molecule has 2 rings (SSSR count). The largest absolute Gasteiger partial charge is 0.392 e. The smallest absolute Gasteiger partial charge is 0.0877 e. The van der Waals surface area contributed by atoms with Gasteiger partial charge in [-0.1, -0.05) is 99.2 Å². The normalized spacial score (nSPS) is 13.4. The van der Waals surface area contributed by atoms with Gasteiger partial charge in [0.15, 0.2) is 0 Å². The lowest BCUT2D eigenvalue weighted by atomic mass is 10.0. The summed E-state index contributed by atoms with van der Waals surface area (Å²) in [7, 11) is 0. The second-order valence-electron chi connectivity index (χ2n) is 10.4. The average Bonchev–Trinajstić information content (AvgIpc) is 2.96. The molecule has 0 aliphatic rings. The van der Waals surface area contributed by atoms with E-state index in [1.165, 1.54) is 17.5 Å². The molecule has 0 aliphatic carbocycles. The Morgan fingerprint density at radius 3 is 2.10 bits per heavy atom. The lowest BCUT2D eigenvalue weighted by molar-refractivity contribution is 0.123. The average molecular weight is 534 g/mol. The van der Waals surface area contributed by atoms with Crippen LogP contribution >= 0.6 is 0 Å². The maximum absolute atomic E-state index is 11.0. The summed E-state index contributed by atoms with van der Waals surface area (Å²) in [5.41, 5.74) is 5.37. The van der Waals surface area contributed by atoms with Crippen molar-refractivity contribution in [2.24, 2.45) is 0 Å². The molecule has 0 saturated heterocycles. The predicted octanol–water partition coefficient (Wildman–Crippen LogP) is 7.28. The summed E-state index contributed by atoms with van der Waals surface area (Å²) < 4.78 is 5.85. The Balaban J connectivity index is 1.73. The van der Waals surface area contributed by atoms with E-state index in [1.807, 2.05) is 26.0 Å². The third-order valence-electron chi connectivity index (χ3n) is 7.18. The van der Waals surface area contributed by atoms with Gasteiger partial charge >= 0.3 is 0 Å². The highest BCUT2D eigenvalue weighted by molar-refractivity contribution is 5.35. The minimum atomic E-state index is -0.589. The Morgan fingerprint density at radius 1 is 0.872 bits per heavy atom. The van der Waals surface area contributed by atoms with Gasteiger partial charge in [-0.05, 0) is 79.8 Å². The minimum Gasteiger partial charge on any atom is -0.392 e. The van der Waals surface area contributed by atoms with E-state index < -0.39 is 6.10 Å². The van der Waals surface area contributed by atoms with Crippen molar-refractivity contribution in [2.75, 3.05) is 32.9 Å². The van der Waals surface area contributed by atoms with E-state index in [0.717, 1.165) is 88.0 Å². The number of ether oxygens (including phenoxy) is 1. The first kappa shape index (κ1) is 32.7. The van der Waals surface area contributed by atoms with Crippen molar-refractivity contribution >= 4 is 0 Å². The van der Waals surface area contributed by atoms with E-state index in [9.17, 15) is 10.2 Å². The summed E-state index contributed by atoms with van der Waals surface area (Å²) in [5, 5.41) is 20.8. The van der Waals surface area contributed by atoms with Gasteiger partial charge in [-0.25, -0.2) is 0 Å². The van der Waals surface area contributed by atoms with Crippen molar-refractivity contribution in [1.29, 1.82) is 0 Å². The lowest BCUT2D eigenvalue weighted by Gasteiger charge is -2.26. The summed E-state index contributed by atoms with van der Waals surface area (Å²) in [6.45, 7) is 11.8. The van der Waals surface area contributed by atoms with Crippen LogP contribution in [0.2, 0.25) is 0 Å². The number of rotatable bonds is 21. The maximum atomic E-state index is 11.0. The molecule has 0 aromatic heterocycles. The highest BCUT2D eigenvalue weighted by atomic mass is 16.5. The van der Waals surface area contributed by atoms with Crippen LogP contribution < -0.4 is 0 Å². The van der Waals surface area contributed by atoms with Crippen LogP contribution in [0.15, 0.2) is 96.1 Å². The Labute approximate surface area is 237 Å². The number of aliphatic hydroxyl groups is 2. The molecule has 0 aliphatic heterocycles. The summed E-state index contributed by atoms with van der Waals surface area (Å²) in [6, 6.07) is 21.1. The molecule has 0 spiro atoms. The number of hydrogen-bond donors (Lipinski definition) is 2. The van der Waals surface area contributed by atoms with Gasteiger partial charge in [0.1, 0.15) is 0 Å². The molecule has 0 bridgehead atoms. The molecule has 0 saturated carbocycles. The first-order valence-corrected chi connectivity index (χ1v) is 14.8. The van der Waals surface area contributed by atoms with Crippen LogP contribution in [-0.2, 0) is 17.7 Å². The SMILES string of the molecule is C=C/C(CC)=C(\C=C(/C)C(O)CN(CCCCCCOCCCCc1ccccc1)Cc1ccccc1)CO. The quantitative estimate of drug-likeness (QED) is 0.131. The third-order valence-corrected chi connectivity index (χ3v) is 7.18. The molecule has 2 aromatic carbocycles. The molecule has 0 radical (unpaired) electrons. The van der Waals surface area contributed by atoms with Crippen LogP contribution in [0.5, 0.6) is 0 Å². The number of aryl methyl sites for hydroxylation is 1. The Bertz CT molecular complexity index is 968. The van der Waals surface area contributed by atoms with Crippen LogP contribution in [0.4, 0.5) is 0 Å². The Kier molecular flexibility index (Phi) is 17.1. The Hall–Kier alpha value is -2.50. The topological polar surface area (TPSA) is 52.9 Å². The van der Waals surface area contributed by atoms with Gasteiger partial charge in [-0.3, -0.25) is 4.90 Å². The summed E-state index contributed by atoms with van der Waals surface area (Å²) in [6.07, 6.45) is 11.9. The van der Waals surface area contributed by atoms with Crippen LogP contribution in [0.25, 0.3) is 0 Å². The zero-order valence-corrected chi connectivity index (χ0v) is 24.4. The monoisotopic (exact) mass is 533 g/mol. The minimum absolute atomic E-state index is 0.0512. The molecule has 4 heteroatoms. The fourth-order valence-corrected chi connectivity index (χ4v) is 4.75. The summed E-state index contributed by atoms with van der Waals surface area (Å²) in [5.74, 6) is 0. The molecule has 2 N–H and O–H groups in total. The second kappa shape index (κ2) is 20.4. The highest BCUT2D eigenvalue weighted by Gasteiger charge is 2.15. The first-order chi connectivity index (χ1) is 19.1. The molecule has 1 atom stereocenters. The molecular weight excluding hydrogens is 482 g/mol. The lowest BCUT2D eigenvalue weighted by Crippen LogP contribution is -2.33. The number of hydrogen-bond acceptors (Lipinski definition) is 4. The summed E-state index contributed by atoms with van der Waals surface area (Å²) in [4.78, 5) is 2.34. The van der Waals surface area contributed by atoms with Crippen molar-refractivity contribution in [2.45, 2.75) is 77.9 Å². The first-order valence-electron chi connectivity index (χ1n) is 14.8. The van der Waals surface area contributed by atoms with Gasteiger partial charge in [0.25, 0.3) is 0 Å². The number of allylic oxidation sites excluding steroid dienone is 2. The van der Waals surface area contributed by atoms with Crippen molar-refractivity contribution in [3.05, 3.63) is 107 Å². The van der Waals surface area contributed by atoms with E-state index in [0.29, 0.717) is 6.54 Å². The molecule has 4 nitrogen and oxygen atoms in total. The predicted molar refractivity (Wildman–Crippen MR) is 165 cm³/mol. The molecule has 39 heavy (non-hydrogen) atoms. The molecule has 0 amide bonds. The zero-order valence-electron chi connectivity index (χ0n) is 24.4. The molecule has 0 fully saturated rings. The van der Waals surface area contributed by atoms with E-state index in [4.69, 9.17) is 4.74 Å². The number of unbranched alkanes of at least 4 members (excludes halogenated alkanes) is 4. The van der Waals surface area contributed by atoms with Gasteiger partial charge in [0, 0.05) is 26.3 Å². The molecule has 2 aromatic rings. The van der Waals surface area contributed by atoms with Crippen molar-refractivity contribution in [3.63, 3.8) is 0 Å². The van der Waals surface area contributed by atoms with Crippen molar-refractivity contribution in [1.82, 2.24) is 4.90 Å². The number of aliphatic hydroxyl groups excluding tert-OH is 2. The fraction of sp³-hybridized carbons (Fsp3) is 0.486. The van der Waals surface area contributed by atoms with Crippen LogP contribution in [-0.4, -0.2) is 54.1 Å². The van der Waals surface area contributed by atoms with Crippen molar-refractivity contribution < 1.29 is 14.9 Å². The zero-order chi connectivity index (χ0) is 28.1. The van der Waals surface area contributed by atoms with E-state index in [2.05, 4.69) is 66.1 Å². The number of benzene rings is 2. The van der Waals surface area contributed by atoms with E-state index >= 15 is 0 Å². The fourth-order valence-electron chi connectivity index (χ4n) is 4.75. The molecular formula is C35H51NO3. The van der Waals surface area contributed by atoms with Gasteiger partial charge < -0.3 is 14.9 Å². The maximum Gasteiger partial charge on any atom is 0.0877 e. The third kappa shape index (κ3) is 13.9. The van der Waals surface area contributed by atoms with Crippen LogP contribution in [0.3, 0.4) is 0 Å². The van der Waals surface area contributed by atoms with Crippen LogP contribution in [0.1, 0.15) is 69.9 Å². The molecule has 0 heterocycles. The molecule has 1 unspecified atom stereocenters. The second-order valence-corrected chi connectivity index (χ2v) is 10.4.